The van der Waals surface area contributed by atoms with Gasteiger partial charge in [0.05, 0.1) is 12.1 Å². The van der Waals surface area contributed by atoms with Crippen LogP contribution in [0.3, 0.4) is 0 Å². The number of nitrogens with zero attached hydrogens (tertiary/aromatic N) is 5. The Bertz CT molecular complexity index is 1280. The van der Waals surface area contributed by atoms with Gasteiger partial charge in [-0.15, -0.1) is 5.10 Å². The lowest BCUT2D eigenvalue weighted by atomic mass is 10.0. The molecule has 4 rings (SSSR count). The number of carbonyl (C=O) groups excluding carboxylic acids is 2. The maximum Gasteiger partial charge on any atom is 0.249 e. The lowest BCUT2D eigenvalue weighted by molar-refractivity contribution is -0.127. The molecule has 1 N–H and O–H groups in total. The molecule has 0 saturated heterocycles. The van der Waals surface area contributed by atoms with Crippen molar-refractivity contribution in [1.82, 2.24) is 25.3 Å². The Balaban J connectivity index is 1.76. The molecule has 0 unspecified atom stereocenters. The van der Waals surface area contributed by atoms with E-state index >= 15 is 0 Å². The van der Waals surface area contributed by atoms with E-state index < -0.39 is 23.7 Å². The molecule has 1 atom stereocenters. The monoisotopic (exact) mass is 462 g/mol. The predicted molar refractivity (Wildman–Crippen MR) is 123 cm³/mol. The Hall–Kier alpha value is -4.18. The highest BCUT2D eigenvalue weighted by Gasteiger charge is 2.33. The molecule has 2 aromatic heterocycles. The molecule has 2 aromatic carbocycles. The molecule has 0 aliphatic rings. The van der Waals surface area contributed by atoms with Crippen LogP contribution in [0.25, 0.3) is 11.0 Å². The van der Waals surface area contributed by atoms with Crippen molar-refractivity contribution in [2.75, 3.05) is 25.2 Å². The Morgan fingerprint density at radius 2 is 2.00 bits per heavy atom. The first-order chi connectivity index (χ1) is 16.6. The highest BCUT2D eigenvalue weighted by Crippen LogP contribution is 2.29. The molecule has 0 bridgehead atoms. The number of ether oxygens (including phenoxy) is 1. The first-order valence-corrected chi connectivity index (χ1v) is 10.6. The van der Waals surface area contributed by atoms with Gasteiger partial charge in [0, 0.05) is 37.3 Å². The van der Waals surface area contributed by atoms with Gasteiger partial charge in [0.25, 0.3) is 0 Å². The lowest BCUT2D eigenvalue weighted by Gasteiger charge is -2.31. The Morgan fingerprint density at radius 3 is 2.76 bits per heavy atom. The fourth-order valence-corrected chi connectivity index (χ4v) is 3.63. The standard InChI is InChI=1S/C24H23FN6O3/c1-34-13-12-27-24(33)23(17-6-5-11-26-15-17)31(19-8-4-7-18(25)14-19)22(32)16-30-21-10-3-2-9-20(21)28-29-30/h2-11,14-15,23H,12-13,16H2,1H3,(H,27,33)/t23-/m1/s1. The van der Waals surface area contributed by atoms with E-state index in [1.54, 1.807) is 36.5 Å². The molecule has 9 nitrogen and oxygen atoms in total. The fourth-order valence-electron chi connectivity index (χ4n) is 3.63. The summed E-state index contributed by atoms with van der Waals surface area (Å²) in [5.41, 5.74) is 2.00. The van der Waals surface area contributed by atoms with Gasteiger partial charge in [-0.1, -0.05) is 29.5 Å². The molecular weight excluding hydrogens is 439 g/mol. The van der Waals surface area contributed by atoms with Crippen molar-refractivity contribution in [2.24, 2.45) is 0 Å². The maximum atomic E-state index is 14.2. The molecule has 174 valence electrons. The van der Waals surface area contributed by atoms with Crippen LogP contribution in [0, 0.1) is 5.82 Å². The van der Waals surface area contributed by atoms with Crippen LogP contribution in [0.2, 0.25) is 0 Å². The lowest BCUT2D eigenvalue weighted by Crippen LogP contribution is -2.46. The molecule has 0 aliphatic carbocycles. The van der Waals surface area contributed by atoms with Crippen LogP contribution in [0.15, 0.2) is 73.1 Å². The molecule has 10 heteroatoms. The van der Waals surface area contributed by atoms with Gasteiger partial charge >= 0.3 is 0 Å². The number of methoxy groups -OCH3 is 1. The number of halogens is 1. The van der Waals surface area contributed by atoms with Crippen LogP contribution < -0.4 is 10.2 Å². The van der Waals surface area contributed by atoms with Crippen molar-refractivity contribution in [3.8, 4) is 0 Å². The van der Waals surface area contributed by atoms with Gasteiger partial charge < -0.3 is 10.1 Å². The minimum Gasteiger partial charge on any atom is -0.383 e. The molecule has 0 fully saturated rings. The number of hydrogen-bond donors (Lipinski definition) is 1. The van der Waals surface area contributed by atoms with Crippen LogP contribution >= 0.6 is 0 Å². The highest BCUT2D eigenvalue weighted by molar-refractivity contribution is 6.01. The van der Waals surface area contributed by atoms with Crippen molar-refractivity contribution < 1.29 is 18.7 Å². The minimum absolute atomic E-state index is 0.209. The number of fused-ring (bicyclic) bond motifs is 1. The van der Waals surface area contributed by atoms with Crippen molar-refractivity contribution in [3.63, 3.8) is 0 Å². The van der Waals surface area contributed by atoms with Crippen molar-refractivity contribution in [3.05, 3.63) is 84.4 Å². The van der Waals surface area contributed by atoms with Crippen molar-refractivity contribution in [1.29, 1.82) is 0 Å². The second kappa shape index (κ2) is 10.6. The molecule has 2 heterocycles. The van der Waals surface area contributed by atoms with Crippen molar-refractivity contribution >= 4 is 28.5 Å². The number of pyridine rings is 1. The summed E-state index contributed by atoms with van der Waals surface area (Å²) < 4.78 is 20.7. The van der Waals surface area contributed by atoms with Crippen LogP contribution in [-0.2, 0) is 20.9 Å². The van der Waals surface area contributed by atoms with E-state index in [4.69, 9.17) is 4.74 Å². The first-order valence-electron chi connectivity index (χ1n) is 10.6. The highest BCUT2D eigenvalue weighted by atomic mass is 19.1. The third-order valence-electron chi connectivity index (χ3n) is 5.17. The summed E-state index contributed by atoms with van der Waals surface area (Å²) in [5.74, 6) is -1.46. The van der Waals surface area contributed by atoms with Crippen molar-refractivity contribution in [2.45, 2.75) is 12.6 Å². The molecule has 0 radical (unpaired) electrons. The van der Waals surface area contributed by atoms with Gasteiger partial charge in [-0.2, -0.15) is 0 Å². The summed E-state index contributed by atoms with van der Waals surface area (Å²) in [4.78, 5) is 32.4. The van der Waals surface area contributed by atoms with Crippen LogP contribution in [0.1, 0.15) is 11.6 Å². The topological polar surface area (TPSA) is 102 Å². The summed E-state index contributed by atoms with van der Waals surface area (Å²) >= 11 is 0. The van der Waals surface area contributed by atoms with E-state index in [1.807, 2.05) is 12.1 Å². The van der Waals surface area contributed by atoms with E-state index in [2.05, 4.69) is 20.6 Å². The van der Waals surface area contributed by atoms with E-state index in [9.17, 15) is 14.0 Å². The fraction of sp³-hybridized carbons (Fsp3) is 0.208. The summed E-state index contributed by atoms with van der Waals surface area (Å²) in [5, 5.41) is 10.9. The summed E-state index contributed by atoms with van der Waals surface area (Å²) in [6, 6.07) is 15.0. The summed E-state index contributed by atoms with van der Waals surface area (Å²) in [6.07, 6.45) is 3.07. The summed E-state index contributed by atoms with van der Waals surface area (Å²) in [7, 11) is 1.52. The third kappa shape index (κ3) is 5.07. The Kier molecular flexibility index (Phi) is 7.19. The number of anilines is 1. The number of nitrogens with one attached hydrogen (secondary N) is 1. The number of para-hydroxylation sites is 1. The predicted octanol–water partition coefficient (Wildman–Crippen LogP) is 2.50. The number of benzene rings is 2. The Morgan fingerprint density at radius 1 is 1.15 bits per heavy atom. The number of carbonyl (C=O) groups is 2. The normalized spacial score (nSPS) is 11.8. The van der Waals surface area contributed by atoms with Gasteiger partial charge in [0.15, 0.2) is 0 Å². The molecule has 0 spiro atoms. The van der Waals surface area contributed by atoms with Crippen LogP contribution in [-0.4, -0.2) is 52.1 Å². The van der Waals surface area contributed by atoms with Crippen LogP contribution in [0.5, 0.6) is 0 Å². The minimum atomic E-state index is -1.10. The van der Waals surface area contributed by atoms with Gasteiger partial charge in [-0.05, 0) is 36.4 Å². The average molecular weight is 462 g/mol. The second-order valence-corrected chi connectivity index (χ2v) is 7.45. The second-order valence-electron chi connectivity index (χ2n) is 7.45. The van der Waals surface area contributed by atoms with Gasteiger partial charge in [0.2, 0.25) is 11.8 Å². The van der Waals surface area contributed by atoms with E-state index in [-0.39, 0.29) is 18.8 Å². The van der Waals surface area contributed by atoms with Gasteiger partial charge in [-0.25, -0.2) is 9.07 Å². The average Bonchev–Trinajstić information content (AvgIpc) is 3.25. The first kappa shape index (κ1) is 23.0. The number of rotatable bonds is 9. The SMILES string of the molecule is COCCNC(=O)[C@@H](c1cccnc1)N(C(=O)Cn1nnc2ccccc21)c1cccc(F)c1. The number of hydrogen-bond acceptors (Lipinski definition) is 6. The zero-order valence-corrected chi connectivity index (χ0v) is 18.5. The van der Waals surface area contributed by atoms with Gasteiger partial charge in [-0.3, -0.25) is 19.5 Å². The maximum absolute atomic E-state index is 14.2. The zero-order chi connectivity index (χ0) is 23.9. The molecular formula is C24H23FN6O3. The molecule has 4 aromatic rings. The molecule has 0 saturated carbocycles. The zero-order valence-electron chi connectivity index (χ0n) is 18.5. The number of amides is 2. The summed E-state index contributed by atoms with van der Waals surface area (Å²) in [6.45, 7) is 0.328. The van der Waals surface area contributed by atoms with E-state index in [0.29, 0.717) is 23.2 Å². The quantitative estimate of drug-likeness (QED) is 0.384. The van der Waals surface area contributed by atoms with E-state index in [1.165, 1.54) is 41.1 Å². The molecule has 2 amide bonds. The molecule has 0 aliphatic heterocycles. The smallest absolute Gasteiger partial charge is 0.249 e. The third-order valence-corrected chi connectivity index (χ3v) is 5.17. The molecule has 34 heavy (non-hydrogen) atoms. The Labute approximate surface area is 195 Å². The van der Waals surface area contributed by atoms with E-state index in [0.717, 1.165) is 0 Å². The largest absolute Gasteiger partial charge is 0.383 e. The number of aromatic nitrogens is 4. The van der Waals surface area contributed by atoms with Gasteiger partial charge in [0.1, 0.15) is 23.9 Å². The van der Waals surface area contributed by atoms with Crippen LogP contribution in [0.4, 0.5) is 10.1 Å².